The number of hydrogen-bond acceptors (Lipinski definition) is 6. The molecule has 3 rings (SSSR count). The average Bonchev–Trinajstić information content (AvgIpc) is 2.86. The van der Waals surface area contributed by atoms with E-state index >= 15 is 0 Å². The summed E-state index contributed by atoms with van der Waals surface area (Å²) in [4.78, 5) is 28.6. The molecule has 1 atom stereocenters. The fraction of sp³-hybridized carbons (Fsp3) is 0.500. The lowest BCUT2D eigenvalue weighted by molar-refractivity contribution is 0.109. The van der Waals surface area contributed by atoms with Gasteiger partial charge in [0.1, 0.15) is 6.61 Å². The van der Waals surface area contributed by atoms with Crippen molar-refractivity contribution in [3.8, 4) is 0 Å². The van der Waals surface area contributed by atoms with Crippen LogP contribution in [0.15, 0.2) is 54.6 Å². The maximum atomic E-state index is 12.8. The van der Waals surface area contributed by atoms with Crippen LogP contribution in [0.4, 0.5) is 9.59 Å². The number of guanidine groups is 1. The summed E-state index contributed by atoms with van der Waals surface area (Å²) in [5, 5.41) is 10.7. The number of allylic oxidation sites excluding steroid dienone is 3. The van der Waals surface area contributed by atoms with Crippen molar-refractivity contribution in [3.63, 3.8) is 0 Å². The molecule has 184 valence electrons. The summed E-state index contributed by atoms with van der Waals surface area (Å²) >= 11 is 0. The fourth-order valence-corrected chi connectivity index (χ4v) is 4.12. The summed E-state index contributed by atoms with van der Waals surface area (Å²) in [6.45, 7) is 2.80. The van der Waals surface area contributed by atoms with Crippen LogP contribution in [0.1, 0.15) is 37.7 Å². The SMILES string of the molecule is CN1CCC(CCCN(C(=N)NC(=O)OCc2ccccc2)C(=O)OCC2C=CC=CC2)CC1. The Kier molecular flexibility index (Phi) is 10.2. The number of benzene rings is 1. The molecule has 1 fully saturated rings. The lowest BCUT2D eigenvalue weighted by atomic mass is 9.92. The number of nitrogens with one attached hydrogen (secondary N) is 2. The van der Waals surface area contributed by atoms with Crippen molar-refractivity contribution < 1.29 is 19.1 Å². The van der Waals surface area contributed by atoms with Gasteiger partial charge in [-0.1, -0.05) is 54.6 Å². The number of likely N-dealkylation sites (tertiary alicyclic amines) is 1. The van der Waals surface area contributed by atoms with Crippen LogP contribution in [-0.4, -0.2) is 61.2 Å². The first-order valence-electron chi connectivity index (χ1n) is 12.0. The molecule has 1 saturated heterocycles. The van der Waals surface area contributed by atoms with Gasteiger partial charge in [-0.15, -0.1) is 0 Å². The number of amides is 2. The van der Waals surface area contributed by atoms with Crippen LogP contribution in [0, 0.1) is 17.2 Å². The standard InChI is InChI=1S/C26H36N4O4/c1-29-17-14-21(15-18-29)13-8-16-30(26(32)34-20-23-11-6-3-7-12-23)24(27)28-25(31)33-19-22-9-4-2-5-10-22/h2-7,9-11,21,23H,8,12-20H2,1H3,(H2,27,28,31). The number of hydrogen-bond donors (Lipinski definition) is 2. The molecule has 34 heavy (non-hydrogen) atoms. The predicted octanol–water partition coefficient (Wildman–Crippen LogP) is 4.54. The molecule has 0 bridgehead atoms. The molecule has 1 aliphatic heterocycles. The van der Waals surface area contributed by atoms with Crippen molar-refractivity contribution in [1.82, 2.24) is 15.1 Å². The smallest absolute Gasteiger partial charge is 0.416 e. The van der Waals surface area contributed by atoms with Gasteiger partial charge >= 0.3 is 12.2 Å². The van der Waals surface area contributed by atoms with Crippen molar-refractivity contribution in [2.45, 2.75) is 38.7 Å². The largest absolute Gasteiger partial charge is 0.448 e. The van der Waals surface area contributed by atoms with E-state index in [0.29, 0.717) is 12.5 Å². The maximum absolute atomic E-state index is 12.8. The molecule has 8 heteroatoms. The third kappa shape index (κ3) is 8.67. The molecule has 1 aliphatic carbocycles. The van der Waals surface area contributed by atoms with Gasteiger partial charge in [0, 0.05) is 12.5 Å². The maximum Gasteiger partial charge on any atom is 0.416 e. The molecule has 2 aliphatic rings. The van der Waals surface area contributed by atoms with E-state index in [-0.39, 0.29) is 25.1 Å². The fourth-order valence-electron chi connectivity index (χ4n) is 4.12. The zero-order chi connectivity index (χ0) is 24.2. The molecule has 8 nitrogen and oxygen atoms in total. The van der Waals surface area contributed by atoms with Crippen LogP contribution in [0.25, 0.3) is 0 Å². The number of piperidine rings is 1. The number of carbonyl (C=O) groups is 2. The Balaban J connectivity index is 1.50. The first-order valence-corrected chi connectivity index (χ1v) is 12.0. The van der Waals surface area contributed by atoms with E-state index in [2.05, 4.69) is 17.3 Å². The van der Waals surface area contributed by atoms with Crippen molar-refractivity contribution in [1.29, 1.82) is 5.41 Å². The highest BCUT2D eigenvalue weighted by Crippen LogP contribution is 2.21. The third-order valence-corrected chi connectivity index (χ3v) is 6.25. The third-order valence-electron chi connectivity index (χ3n) is 6.25. The second kappa shape index (κ2) is 13.5. The highest BCUT2D eigenvalue weighted by atomic mass is 16.6. The van der Waals surface area contributed by atoms with E-state index in [4.69, 9.17) is 14.9 Å². The summed E-state index contributed by atoms with van der Waals surface area (Å²) in [7, 11) is 2.13. The second-order valence-corrected chi connectivity index (χ2v) is 8.96. The minimum absolute atomic E-state index is 0.0854. The molecule has 0 saturated carbocycles. The van der Waals surface area contributed by atoms with E-state index in [1.54, 1.807) is 0 Å². The van der Waals surface area contributed by atoms with Crippen LogP contribution in [0.2, 0.25) is 0 Å². The molecule has 2 N–H and O–H groups in total. The minimum Gasteiger partial charge on any atom is -0.448 e. The van der Waals surface area contributed by atoms with Crippen molar-refractivity contribution in [2.24, 2.45) is 11.8 Å². The highest BCUT2D eigenvalue weighted by Gasteiger charge is 2.24. The van der Waals surface area contributed by atoms with Gasteiger partial charge in [0.25, 0.3) is 0 Å². The summed E-state index contributed by atoms with van der Waals surface area (Å²) < 4.78 is 10.7. The summed E-state index contributed by atoms with van der Waals surface area (Å²) in [5.41, 5.74) is 0.841. The zero-order valence-electron chi connectivity index (χ0n) is 19.9. The minimum atomic E-state index is -0.776. The second-order valence-electron chi connectivity index (χ2n) is 8.96. The van der Waals surface area contributed by atoms with Gasteiger partial charge in [-0.05, 0) is 63.7 Å². The van der Waals surface area contributed by atoms with E-state index in [1.165, 1.54) is 4.90 Å². The van der Waals surface area contributed by atoms with Crippen LogP contribution in [0.3, 0.4) is 0 Å². The number of nitrogens with zero attached hydrogens (tertiary/aromatic N) is 2. The molecule has 0 radical (unpaired) electrons. The molecule has 2 amide bonds. The zero-order valence-corrected chi connectivity index (χ0v) is 19.9. The molecule has 1 aromatic carbocycles. The monoisotopic (exact) mass is 468 g/mol. The predicted molar refractivity (Wildman–Crippen MR) is 131 cm³/mol. The molecule has 1 heterocycles. The Morgan fingerprint density at radius 3 is 2.62 bits per heavy atom. The van der Waals surface area contributed by atoms with Crippen molar-refractivity contribution in [2.75, 3.05) is 33.3 Å². The van der Waals surface area contributed by atoms with Crippen molar-refractivity contribution >= 4 is 18.1 Å². The van der Waals surface area contributed by atoms with Crippen LogP contribution < -0.4 is 5.32 Å². The highest BCUT2D eigenvalue weighted by molar-refractivity contribution is 5.99. The first kappa shape index (κ1) is 25.5. The quantitative estimate of drug-likeness (QED) is 0.431. The van der Waals surface area contributed by atoms with E-state index in [9.17, 15) is 9.59 Å². The molecular formula is C26H36N4O4. The molecule has 1 unspecified atom stereocenters. The Labute approximate surface area is 202 Å². The van der Waals surface area contributed by atoms with E-state index < -0.39 is 12.2 Å². The van der Waals surface area contributed by atoms with Gasteiger partial charge in [0.2, 0.25) is 5.96 Å². The lowest BCUT2D eigenvalue weighted by Gasteiger charge is -2.29. The van der Waals surface area contributed by atoms with Gasteiger partial charge in [-0.25, -0.2) is 14.5 Å². The van der Waals surface area contributed by atoms with E-state index in [1.807, 2.05) is 54.6 Å². The van der Waals surface area contributed by atoms with Gasteiger partial charge in [-0.3, -0.25) is 10.7 Å². The Bertz CT molecular complexity index is 863. The van der Waals surface area contributed by atoms with Gasteiger partial charge in [0.15, 0.2) is 0 Å². The van der Waals surface area contributed by atoms with E-state index in [0.717, 1.165) is 50.8 Å². The molecule has 1 aromatic rings. The first-order chi connectivity index (χ1) is 16.5. The van der Waals surface area contributed by atoms with Gasteiger partial charge < -0.3 is 14.4 Å². The lowest BCUT2D eigenvalue weighted by Crippen LogP contribution is -2.47. The van der Waals surface area contributed by atoms with Crippen LogP contribution >= 0.6 is 0 Å². The Morgan fingerprint density at radius 1 is 1.15 bits per heavy atom. The van der Waals surface area contributed by atoms with Crippen LogP contribution in [-0.2, 0) is 16.1 Å². The molecule has 0 aromatic heterocycles. The molecule has 0 spiro atoms. The normalized spacial score (nSPS) is 18.3. The van der Waals surface area contributed by atoms with Crippen molar-refractivity contribution in [3.05, 3.63) is 60.2 Å². The number of ether oxygens (including phenoxy) is 2. The topological polar surface area (TPSA) is 95.0 Å². The number of alkyl carbamates (subject to hydrolysis) is 1. The molecular weight excluding hydrogens is 432 g/mol. The van der Waals surface area contributed by atoms with Crippen LogP contribution in [0.5, 0.6) is 0 Å². The Morgan fingerprint density at radius 2 is 1.91 bits per heavy atom. The number of rotatable bonds is 8. The summed E-state index contributed by atoms with van der Waals surface area (Å²) in [6.07, 6.45) is 11.3. The summed E-state index contributed by atoms with van der Waals surface area (Å²) in [6, 6.07) is 9.30. The van der Waals surface area contributed by atoms with Gasteiger partial charge in [0.05, 0.1) is 6.61 Å². The summed E-state index contributed by atoms with van der Waals surface area (Å²) in [5.74, 6) is 0.407. The Hall–Kier alpha value is -3.13. The average molecular weight is 469 g/mol. The van der Waals surface area contributed by atoms with Gasteiger partial charge in [-0.2, -0.15) is 0 Å². The number of carbonyl (C=O) groups excluding carboxylic acids is 2.